The molecule has 0 heterocycles. The fraction of sp³-hybridized carbons (Fsp3) is 0.316. The molecule has 0 radical (unpaired) electrons. The number of fused-ring (bicyclic) bond motifs is 1. The van der Waals surface area contributed by atoms with E-state index in [1.54, 1.807) is 26.2 Å². The summed E-state index contributed by atoms with van der Waals surface area (Å²) >= 11 is 0. The van der Waals surface area contributed by atoms with Crippen LogP contribution in [0.15, 0.2) is 53.4 Å². The average Bonchev–Trinajstić information content (AvgIpc) is 2.60. The number of benzene rings is 2. The zero-order valence-corrected chi connectivity index (χ0v) is 15.2. The van der Waals surface area contributed by atoms with Gasteiger partial charge in [0.15, 0.2) is 0 Å². The van der Waals surface area contributed by atoms with E-state index in [0.717, 1.165) is 12.8 Å². The molecule has 0 unspecified atom stereocenters. The first kappa shape index (κ1) is 17.6. The van der Waals surface area contributed by atoms with Gasteiger partial charge < -0.3 is 4.90 Å². The number of carbonyl (C=O) groups is 1. The minimum Gasteiger partial charge on any atom is -0.345 e. The van der Waals surface area contributed by atoms with Crippen LogP contribution in [0.4, 0.5) is 0 Å². The number of sulfonamides is 1. The van der Waals surface area contributed by atoms with Crippen molar-refractivity contribution in [3.63, 3.8) is 0 Å². The number of hydrogen-bond donors (Lipinski definition) is 1. The Kier molecular flexibility index (Phi) is 4.92. The third kappa shape index (κ3) is 3.91. The van der Waals surface area contributed by atoms with Crippen molar-refractivity contribution in [3.8, 4) is 0 Å². The Morgan fingerprint density at radius 3 is 2.52 bits per heavy atom. The van der Waals surface area contributed by atoms with E-state index < -0.39 is 10.0 Å². The van der Waals surface area contributed by atoms with Crippen LogP contribution >= 0.6 is 0 Å². The second kappa shape index (κ2) is 6.98. The quantitative estimate of drug-likeness (QED) is 0.911. The van der Waals surface area contributed by atoms with Gasteiger partial charge >= 0.3 is 0 Å². The monoisotopic (exact) mass is 358 g/mol. The summed E-state index contributed by atoms with van der Waals surface area (Å²) in [5.74, 6) is -0.219. The van der Waals surface area contributed by atoms with E-state index >= 15 is 0 Å². The van der Waals surface area contributed by atoms with Crippen LogP contribution in [-0.2, 0) is 22.9 Å². The molecule has 3 rings (SSSR count). The van der Waals surface area contributed by atoms with Crippen LogP contribution < -0.4 is 4.72 Å². The summed E-state index contributed by atoms with van der Waals surface area (Å²) in [7, 11) is -0.385. The highest BCUT2D eigenvalue weighted by Crippen LogP contribution is 2.22. The summed E-state index contributed by atoms with van der Waals surface area (Å²) in [5, 5.41) is 0. The second-order valence-corrected chi connectivity index (χ2v) is 8.27. The highest BCUT2D eigenvalue weighted by molar-refractivity contribution is 7.89. The van der Waals surface area contributed by atoms with Crippen LogP contribution in [0.2, 0.25) is 0 Å². The topological polar surface area (TPSA) is 66.5 Å². The predicted molar refractivity (Wildman–Crippen MR) is 97.0 cm³/mol. The Morgan fingerprint density at radius 1 is 1.08 bits per heavy atom. The molecule has 1 amide bonds. The van der Waals surface area contributed by atoms with Crippen molar-refractivity contribution in [2.45, 2.75) is 30.2 Å². The number of hydrogen-bond acceptors (Lipinski definition) is 3. The molecular weight excluding hydrogens is 336 g/mol. The predicted octanol–water partition coefficient (Wildman–Crippen LogP) is 2.22. The molecule has 0 saturated heterocycles. The summed E-state index contributed by atoms with van der Waals surface area (Å²) in [6, 6.07) is 14.2. The normalized spacial score (nSPS) is 17.0. The summed E-state index contributed by atoms with van der Waals surface area (Å²) in [6.45, 7) is 0. The van der Waals surface area contributed by atoms with Crippen LogP contribution in [0.1, 0.15) is 27.9 Å². The van der Waals surface area contributed by atoms with Crippen LogP contribution in [0.3, 0.4) is 0 Å². The van der Waals surface area contributed by atoms with Gasteiger partial charge in [-0.1, -0.05) is 30.3 Å². The Morgan fingerprint density at radius 2 is 1.80 bits per heavy atom. The van der Waals surface area contributed by atoms with Gasteiger partial charge in [-0.05, 0) is 48.6 Å². The number of amides is 1. The van der Waals surface area contributed by atoms with Gasteiger partial charge in [0.2, 0.25) is 10.0 Å². The van der Waals surface area contributed by atoms with E-state index in [2.05, 4.69) is 10.8 Å². The van der Waals surface area contributed by atoms with Crippen LogP contribution in [0.25, 0.3) is 0 Å². The summed E-state index contributed by atoms with van der Waals surface area (Å²) < 4.78 is 28.2. The van der Waals surface area contributed by atoms with E-state index in [9.17, 15) is 13.2 Å². The highest BCUT2D eigenvalue weighted by Gasteiger charge is 2.24. The first-order chi connectivity index (χ1) is 11.9. The van der Waals surface area contributed by atoms with Crippen LogP contribution in [0, 0.1) is 0 Å². The van der Waals surface area contributed by atoms with Gasteiger partial charge in [-0.15, -0.1) is 0 Å². The van der Waals surface area contributed by atoms with Gasteiger partial charge in [-0.3, -0.25) is 4.79 Å². The molecule has 1 aliphatic carbocycles. The maximum absolute atomic E-state index is 12.7. The first-order valence-corrected chi connectivity index (χ1v) is 9.76. The molecule has 0 aromatic heterocycles. The minimum absolute atomic E-state index is 0.124. The summed E-state index contributed by atoms with van der Waals surface area (Å²) in [4.78, 5) is 13.6. The lowest BCUT2D eigenvalue weighted by molar-refractivity contribution is 0.0827. The molecule has 132 valence electrons. The third-order valence-corrected chi connectivity index (χ3v) is 5.98. The molecule has 0 fully saturated rings. The van der Waals surface area contributed by atoms with E-state index in [-0.39, 0.29) is 16.8 Å². The van der Waals surface area contributed by atoms with Gasteiger partial charge in [0.05, 0.1) is 4.90 Å². The molecule has 0 aliphatic heterocycles. The van der Waals surface area contributed by atoms with Crippen molar-refractivity contribution in [1.29, 1.82) is 0 Å². The highest BCUT2D eigenvalue weighted by atomic mass is 32.2. The molecule has 6 heteroatoms. The number of aryl methyl sites for hydroxylation is 1. The summed E-state index contributed by atoms with van der Waals surface area (Å²) in [6.07, 6.45) is 2.32. The SMILES string of the molecule is CN(C)C(=O)c1cccc(S(=O)(=O)N[C@H]2CCc3ccccc3C2)c1. The van der Waals surface area contributed by atoms with Gasteiger partial charge in [0.25, 0.3) is 5.91 Å². The zero-order valence-electron chi connectivity index (χ0n) is 14.4. The molecule has 1 aliphatic rings. The van der Waals surface area contributed by atoms with Gasteiger partial charge in [0.1, 0.15) is 0 Å². The molecule has 1 atom stereocenters. The second-order valence-electron chi connectivity index (χ2n) is 6.56. The van der Waals surface area contributed by atoms with E-state index in [4.69, 9.17) is 0 Å². The lowest BCUT2D eigenvalue weighted by Gasteiger charge is -2.25. The molecule has 5 nitrogen and oxygen atoms in total. The Balaban J connectivity index is 1.79. The molecular formula is C19H22N2O3S. The Labute approximate surface area is 148 Å². The first-order valence-electron chi connectivity index (χ1n) is 8.27. The Bertz CT molecular complexity index is 891. The lowest BCUT2D eigenvalue weighted by Crippen LogP contribution is -2.38. The largest absolute Gasteiger partial charge is 0.345 e. The molecule has 0 saturated carbocycles. The van der Waals surface area contributed by atoms with Crippen molar-refractivity contribution in [2.75, 3.05) is 14.1 Å². The van der Waals surface area contributed by atoms with Gasteiger partial charge in [-0.2, -0.15) is 0 Å². The fourth-order valence-electron chi connectivity index (χ4n) is 3.14. The maximum Gasteiger partial charge on any atom is 0.253 e. The summed E-state index contributed by atoms with van der Waals surface area (Å²) in [5.41, 5.74) is 2.84. The number of rotatable bonds is 4. The number of nitrogens with zero attached hydrogens (tertiary/aromatic N) is 1. The van der Waals surface area contributed by atoms with Crippen molar-refractivity contribution in [1.82, 2.24) is 9.62 Å². The van der Waals surface area contributed by atoms with Crippen molar-refractivity contribution < 1.29 is 13.2 Å². The van der Waals surface area contributed by atoms with Crippen molar-refractivity contribution in [2.24, 2.45) is 0 Å². The molecule has 2 aromatic rings. The fourth-order valence-corrected chi connectivity index (χ4v) is 4.46. The molecule has 0 bridgehead atoms. The minimum atomic E-state index is -3.66. The maximum atomic E-state index is 12.7. The van der Waals surface area contributed by atoms with Gasteiger partial charge in [-0.25, -0.2) is 13.1 Å². The smallest absolute Gasteiger partial charge is 0.253 e. The molecule has 0 spiro atoms. The third-order valence-electron chi connectivity index (χ3n) is 4.47. The van der Waals surface area contributed by atoms with E-state index in [1.807, 2.05) is 18.2 Å². The molecule has 25 heavy (non-hydrogen) atoms. The molecule has 2 aromatic carbocycles. The standard InChI is InChI=1S/C19H22N2O3S/c1-21(2)19(22)16-8-5-9-18(13-16)25(23,24)20-17-11-10-14-6-3-4-7-15(14)12-17/h3-9,13,17,20H,10-12H2,1-2H3/t17-/m0/s1. The van der Waals surface area contributed by atoms with Crippen LogP contribution in [-0.4, -0.2) is 39.4 Å². The Hall–Kier alpha value is -2.18. The number of carbonyl (C=O) groups excluding carboxylic acids is 1. The van der Waals surface area contributed by atoms with E-state index in [0.29, 0.717) is 12.0 Å². The van der Waals surface area contributed by atoms with Gasteiger partial charge in [0, 0.05) is 25.7 Å². The number of nitrogens with one attached hydrogen (secondary N) is 1. The zero-order chi connectivity index (χ0) is 18.0. The van der Waals surface area contributed by atoms with Crippen LogP contribution in [0.5, 0.6) is 0 Å². The average molecular weight is 358 g/mol. The molecule has 1 N–H and O–H groups in total. The lowest BCUT2D eigenvalue weighted by atomic mass is 9.89. The van der Waals surface area contributed by atoms with Crippen molar-refractivity contribution >= 4 is 15.9 Å². The van der Waals surface area contributed by atoms with E-state index in [1.165, 1.54) is 28.2 Å². The van der Waals surface area contributed by atoms with Crippen molar-refractivity contribution in [3.05, 3.63) is 65.2 Å².